The van der Waals surface area contributed by atoms with Crippen LogP contribution < -0.4 is 5.32 Å². The molecule has 0 saturated heterocycles. The summed E-state index contributed by atoms with van der Waals surface area (Å²) in [5.74, 6) is 0.772. The summed E-state index contributed by atoms with van der Waals surface area (Å²) in [6.07, 6.45) is 0.467. The molecule has 1 aromatic carbocycles. The zero-order valence-electron chi connectivity index (χ0n) is 11.5. The van der Waals surface area contributed by atoms with Crippen LogP contribution in [0.4, 0.5) is 0 Å². The summed E-state index contributed by atoms with van der Waals surface area (Å²) in [5, 5.41) is 13.1. The van der Waals surface area contributed by atoms with Gasteiger partial charge in [0, 0.05) is 13.0 Å². The van der Waals surface area contributed by atoms with Gasteiger partial charge in [0.05, 0.1) is 15.5 Å². The molecular formula is C15H12ClN3O2S. The predicted octanol–water partition coefficient (Wildman–Crippen LogP) is 3.42. The Bertz CT molecular complexity index is 771. The Morgan fingerprint density at radius 2 is 2.09 bits per heavy atom. The molecule has 5 nitrogen and oxygen atoms in total. The standard InChI is InChI=1S/C15H12ClN3O2S/c16-11-5-2-1-4-10(11)14(20)17-8-7-13-18-19-15(21-13)12-6-3-9-22-12/h1-6,9H,7-8H2,(H,17,20). The number of hydrogen-bond acceptors (Lipinski definition) is 5. The van der Waals surface area contributed by atoms with Crippen LogP contribution in [0.1, 0.15) is 16.2 Å². The third-order valence-corrected chi connectivity index (χ3v) is 4.13. The molecule has 0 aliphatic carbocycles. The molecule has 0 saturated carbocycles. The maximum atomic E-state index is 12.0. The molecule has 1 amide bonds. The fourth-order valence-electron chi connectivity index (χ4n) is 1.88. The number of rotatable bonds is 5. The Kier molecular flexibility index (Phi) is 4.50. The normalized spacial score (nSPS) is 10.6. The molecule has 3 aromatic rings. The number of halogens is 1. The molecule has 0 bridgehead atoms. The van der Waals surface area contributed by atoms with Crippen LogP contribution in [0.15, 0.2) is 46.2 Å². The molecule has 2 heterocycles. The number of thiophene rings is 1. The van der Waals surface area contributed by atoms with E-state index in [1.807, 2.05) is 17.5 Å². The Balaban J connectivity index is 1.55. The average Bonchev–Trinajstić information content (AvgIpc) is 3.18. The molecule has 0 fully saturated rings. The first-order chi connectivity index (χ1) is 10.7. The number of carbonyl (C=O) groups excluding carboxylic acids is 1. The SMILES string of the molecule is O=C(NCCc1nnc(-c2cccs2)o1)c1ccccc1Cl. The zero-order chi connectivity index (χ0) is 15.4. The third kappa shape index (κ3) is 3.35. The van der Waals surface area contributed by atoms with Crippen LogP contribution in [0.5, 0.6) is 0 Å². The zero-order valence-corrected chi connectivity index (χ0v) is 13.0. The first-order valence-electron chi connectivity index (χ1n) is 6.63. The molecule has 112 valence electrons. The second kappa shape index (κ2) is 6.72. The summed E-state index contributed by atoms with van der Waals surface area (Å²) in [5.41, 5.74) is 0.453. The molecule has 7 heteroatoms. The van der Waals surface area contributed by atoms with Gasteiger partial charge in [0.25, 0.3) is 11.8 Å². The van der Waals surface area contributed by atoms with E-state index in [1.54, 1.807) is 24.3 Å². The van der Waals surface area contributed by atoms with Crippen LogP contribution in [0.2, 0.25) is 5.02 Å². The molecule has 22 heavy (non-hydrogen) atoms. The minimum absolute atomic E-state index is 0.219. The highest BCUT2D eigenvalue weighted by Gasteiger charge is 2.11. The highest BCUT2D eigenvalue weighted by Crippen LogP contribution is 2.22. The van der Waals surface area contributed by atoms with E-state index in [0.717, 1.165) is 4.88 Å². The van der Waals surface area contributed by atoms with Crippen molar-refractivity contribution in [3.8, 4) is 10.8 Å². The lowest BCUT2D eigenvalue weighted by atomic mass is 10.2. The molecule has 0 aliphatic heterocycles. The van der Waals surface area contributed by atoms with Crippen LogP contribution >= 0.6 is 22.9 Å². The maximum absolute atomic E-state index is 12.0. The molecule has 0 atom stereocenters. The Hall–Kier alpha value is -2.18. The quantitative estimate of drug-likeness (QED) is 0.776. The van der Waals surface area contributed by atoms with Crippen molar-refractivity contribution in [2.75, 3.05) is 6.54 Å². The summed E-state index contributed by atoms with van der Waals surface area (Å²) in [4.78, 5) is 12.9. The van der Waals surface area contributed by atoms with Gasteiger partial charge >= 0.3 is 0 Å². The van der Waals surface area contributed by atoms with Crippen molar-refractivity contribution in [2.24, 2.45) is 0 Å². The van der Waals surface area contributed by atoms with Crippen LogP contribution in [0.25, 0.3) is 10.8 Å². The molecule has 0 radical (unpaired) electrons. The van der Waals surface area contributed by atoms with E-state index in [-0.39, 0.29) is 5.91 Å². The summed E-state index contributed by atoms with van der Waals surface area (Å²) in [7, 11) is 0. The molecule has 1 N–H and O–H groups in total. The fraction of sp³-hybridized carbons (Fsp3) is 0.133. The van der Waals surface area contributed by atoms with E-state index in [1.165, 1.54) is 11.3 Å². The lowest BCUT2D eigenvalue weighted by molar-refractivity contribution is 0.0954. The number of benzene rings is 1. The van der Waals surface area contributed by atoms with E-state index in [0.29, 0.717) is 35.3 Å². The number of amides is 1. The van der Waals surface area contributed by atoms with Crippen LogP contribution in [-0.2, 0) is 6.42 Å². The first kappa shape index (κ1) is 14.7. The van der Waals surface area contributed by atoms with Crippen molar-refractivity contribution < 1.29 is 9.21 Å². The van der Waals surface area contributed by atoms with Gasteiger partial charge in [-0.15, -0.1) is 21.5 Å². The first-order valence-corrected chi connectivity index (χ1v) is 7.89. The van der Waals surface area contributed by atoms with Crippen molar-refractivity contribution in [3.05, 3.63) is 58.3 Å². The van der Waals surface area contributed by atoms with Gasteiger partial charge in [-0.3, -0.25) is 4.79 Å². The largest absolute Gasteiger partial charge is 0.420 e. The van der Waals surface area contributed by atoms with Crippen LogP contribution in [0.3, 0.4) is 0 Å². The summed E-state index contributed by atoms with van der Waals surface area (Å²) in [6, 6.07) is 10.8. The van der Waals surface area contributed by atoms with E-state index in [2.05, 4.69) is 15.5 Å². The summed E-state index contributed by atoms with van der Waals surface area (Å²) >= 11 is 7.51. The van der Waals surface area contributed by atoms with Gasteiger partial charge in [-0.2, -0.15) is 0 Å². The number of hydrogen-bond donors (Lipinski definition) is 1. The lowest BCUT2D eigenvalue weighted by Crippen LogP contribution is -2.26. The van der Waals surface area contributed by atoms with Crippen molar-refractivity contribution in [3.63, 3.8) is 0 Å². The van der Waals surface area contributed by atoms with Gasteiger partial charge in [-0.05, 0) is 23.6 Å². The Morgan fingerprint density at radius 1 is 1.23 bits per heavy atom. The van der Waals surface area contributed by atoms with Gasteiger partial charge < -0.3 is 9.73 Å². The minimum atomic E-state index is -0.219. The molecule has 0 aliphatic rings. The second-order valence-corrected chi connectivity index (χ2v) is 5.82. The summed E-state index contributed by atoms with van der Waals surface area (Å²) in [6.45, 7) is 0.399. The second-order valence-electron chi connectivity index (χ2n) is 4.46. The third-order valence-electron chi connectivity index (χ3n) is 2.94. The van der Waals surface area contributed by atoms with Crippen LogP contribution in [-0.4, -0.2) is 22.6 Å². The van der Waals surface area contributed by atoms with E-state index in [9.17, 15) is 4.79 Å². The number of aromatic nitrogens is 2. The molecule has 0 unspecified atom stereocenters. The van der Waals surface area contributed by atoms with Crippen LogP contribution in [0, 0.1) is 0 Å². The van der Waals surface area contributed by atoms with E-state index < -0.39 is 0 Å². The topological polar surface area (TPSA) is 68.0 Å². The molecule has 3 rings (SSSR count). The highest BCUT2D eigenvalue weighted by molar-refractivity contribution is 7.13. The highest BCUT2D eigenvalue weighted by atomic mass is 35.5. The van der Waals surface area contributed by atoms with Gasteiger partial charge in [0.2, 0.25) is 5.89 Å². The van der Waals surface area contributed by atoms with Gasteiger partial charge in [-0.1, -0.05) is 29.8 Å². The lowest BCUT2D eigenvalue weighted by Gasteiger charge is -2.04. The Morgan fingerprint density at radius 3 is 2.86 bits per heavy atom. The van der Waals surface area contributed by atoms with Crippen molar-refractivity contribution in [1.29, 1.82) is 0 Å². The smallest absolute Gasteiger partial charge is 0.257 e. The van der Waals surface area contributed by atoms with Crippen molar-refractivity contribution >= 4 is 28.8 Å². The predicted molar refractivity (Wildman–Crippen MR) is 85.1 cm³/mol. The van der Waals surface area contributed by atoms with Gasteiger partial charge in [0.1, 0.15) is 0 Å². The van der Waals surface area contributed by atoms with E-state index in [4.69, 9.17) is 16.0 Å². The van der Waals surface area contributed by atoms with Gasteiger partial charge in [0.15, 0.2) is 0 Å². The average molecular weight is 334 g/mol. The number of carbonyl (C=O) groups is 1. The molecule has 2 aromatic heterocycles. The fourth-order valence-corrected chi connectivity index (χ4v) is 2.74. The molecule has 0 spiro atoms. The number of nitrogens with zero attached hydrogens (tertiary/aromatic N) is 2. The van der Waals surface area contributed by atoms with Crippen molar-refractivity contribution in [1.82, 2.24) is 15.5 Å². The Labute approximate surface area is 135 Å². The van der Waals surface area contributed by atoms with Crippen molar-refractivity contribution in [2.45, 2.75) is 6.42 Å². The van der Waals surface area contributed by atoms with E-state index >= 15 is 0 Å². The summed E-state index contributed by atoms with van der Waals surface area (Å²) < 4.78 is 5.55. The monoisotopic (exact) mass is 333 g/mol. The molecular weight excluding hydrogens is 322 g/mol. The number of nitrogens with one attached hydrogen (secondary N) is 1. The van der Waals surface area contributed by atoms with Gasteiger partial charge in [-0.25, -0.2) is 0 Å². The maximum Gasteiger partial charge on any atom is 0.257 e. The minimum Gasteiger partial charge on any atom is -0.420 e.